The van der Waals surface area contributed by atoms with Crippen molar-refractivity contribution >= 4 is 18.1 Å². The van der Waals surface area contributed by atoms with Crippen LogP contribution in [0.2, 0.25) is 0 Å². The first kappa shape index (κ1) is 9.54. The molecule has 0 saturated heterocycles. The van der Waals surface area contributed by atoms with Crippen molar-refractivity contribution in [1.29, 1.82) is 0 Å². The van der Waals surface area contributed by atoms with Crippen LogP contribution in [-0.2, 0) is 0 Å². The molecule has 0 aliphatic heterocycles. The molecule has 68 valence electrons. The quantitative estimate of drug-likeness (QED) is 0.708. The van der Waals surface area contributed by atoms with Gasteiger partial charge in [0.1, 0.15) is 0 Å². The van der Waals surface area contributed by atoms with E-state index in [0.29, 0.717) is 11.5 Å². The molecule has 5 heteroatoms. The number of halogens is 1. The molecule has 0 radical (unpaired) electrons. The molecule has 2 aromatic rings. The Kier molecular flexibility index (Phi) is 2.87. The van der Waals surface area contributed by atoms with Crippen LogP contribution in [0.25, 0.3) is 11.4 Å². The lowest BCUT2D eigenvalue weighted by Crippen LogP contribution is -1.85. The Morgan fingerprint density at radius 1 is 1.31 bits per heavy atom. The summed E-state index contributed by atoms with van der Waals surface area (Å²) >= 11 is 0. The van der Waals surface area contributed by atoms with E-state index in [1.54, 1.807) is 6.07 Å². The maximum atomic E-state index is 5.58. The molecule has 0 spiro atoms. The summed E-state index contributed by atoms with van der Waals surface area (Å²) in [5, 5.41) is 3.69. The maximum absolute atomic E-state index is 5.58. The molecule has 2 N–H and O–H groups in total. The lowest BCUT2D eigenvalue weighted by Gasteiger charge is -1.94. The van der Waals surface area contributed by atoms with Gasteiger partial charge >= 0.3 is 0 Å². The molecule has 1 aromatic carbocycles. The first-order valence-corrected chi connectivity index (χ1v) is 3.48. The highest BCUT2D eigenvalue weighted by molar-refractivity contribution is 5.85. The van der Waals surface area contributed by atoms with Crippen molar-refractivity contribution in [3.8, 4) is 11.4 Å². The summed E-state index contributed by atoms with van der Waals surface area (Å²) in [6, 6.07) is 7.33. The van der Waals surface area contributed by atoms with Gasteiger partial charge in [-0.1, -0.05) is 17.3 Å². The molecular weight excluding hydrogens is 190 g/mol. The highest BCUT2D eigenvalue weighted by Gasteiger charge is 2.01. The highest BCUT2D eigenvalue weighted by Crippen LogP contribution is 2.16. The van der Waals surface area contributed by atoms with E-state index < -0.39 is 0 Å². The standard InChI is InChI=1S/C8H7N3O.ClH/c9-7-3-1-2-6(4-7)8-10-5-12-11-8;/h1-5H,9H2;1H. The predicted molar refractivity (Wildman–Crippen MR) is 51.4 cm³/mol. The number of nitrogens with zero attached hydrogens (tertiary/aromatic N) is 2. The van der Waals surface area contributed by atoms with Crippen LogP contribution < -0.4 is 5.73 Å². The largest absolute Gasteiger partial charge is 0.399 e. The van der Waals surface area contributed by atoms with Gasteiger partial charge in [0.05, 0.1) is 0 Å². The van der Waals surface area contributed by atoms with Gasteiger partial charge in [-0.3, -0.25) is 0 Å². The van der Waals surface area contributed by atoms with Crippen LogP contribution in [0.5, 0.6) is 0 Å². The van der Waals surface area contributed by atoms with Crippen molar-refractivity contribution < 1.29 is 4.52 Å². The molecule has 2 rings (SSSR count). The summed E-state index contributed by atoms with van der Waals surface area (Å²) in [7, 11) is 0. The summed E-state index contributed by atoms with van der Waals surface area (Å²) in [4.78, 5) is 3.89. The third-order valence-electron chi connectivity index (χ3n) is 1.51. The molecule has 0 aliphatic carbocycles. The highest BCUT2D eigenvalue weighted by atomic mass is 35.5. The van der Waals surface area contributed by atoms with Crippen LogP contribution in [0.3, 0.4) is 0 Å². The average Bonchev–Trinajstić information content (AvgIpc) is 2.56. The summed E-state index contributed by atoms with van der Waals surface area (Å²) in [6.07, 6.45) is 1.29. The van der Waals surface area contributed by atoms with Crippen molar-refractivity contribution in [3.05, 3.63) is 30.7 Å². The molecular formula is C8H8ClN3O. The zero-order chi connectivity index (χ0) is 8.39. The van der Waals surface area contributed by atoms with Gasteiger partial charge in [0, 0.05) is 11.3 Å². The average molecular weight is 198 g/mol. The van der Waals surface area contributed by atoms with Crippen LogP contribution in [0, 0.1) is 0 Å². The van der Waals surface area contributed by atoms with Gasteiger partial charge < -0.3 is 10.3 Å². The Bertz CT molecular complexity index is 375. The van der Waals surface area contributed by atoms with E-state index in [-0.39, 0.29) is 12.4 Å². The molecule has 0 aliphatic rings. The second-order valence-corrected chi connectivity index (χ2v) is 2.38. The predicted octanol–water partition coefficient (Wildman–Crippen LogP) is 1.74. The summed E-state index contributed by atoms with van der Waals surface area (Å²) in [5.74, 6) is 0.558. The minimum absolute atomic E-state index is 0. The maximum Gasteiger partial charge on any atom is 0.214 e. The van der Waals surface area contributed by atoms with E-state index in [1.807, 2.05) is 18.2 Å². The fourth-order valence-corrected chi connectivity index (χ4v) is 0.976. The zero-order valence-corrected chi connectivity index (χ0v) is 7.49. The van der Waals surface area contributed by atoms with Gasteiger partial charge in [0.25, 0.3) is 0 Å². The van der Waals surface area contributed by atoms with Crippen LogP contribution in [0.1, 0.15) is 0 Å². The van der Waals surface area contributed by atoms with Gasteiger partial charge in [-0.25, -0.2) is 0 Å². The molecule has 1 heterocycles. The van der Waals surface area contributed by atoms with E-state index in [1.165, 1.54) is 6.39 Å². The van der Waals surface area contributed by atoms with E-state index in [0.717, 1.165) is 5.56 Å². The monoisotopic (exact) mass is 197 g/mol. The lowest BCUT2D eigenvalue weighted by molar-refractivity contribution is 0.419. The normalized spacial score (nSPS) is 9.23. The van der Waals surface area contributed by atoms with E-state index in [2.05, 4.69) is 14.7 Å². The van der Waals surface area contributed by atoms with Gasteiger partial charge in [0.2, 0.25) is 12.2 Å². The number of benzene rings is 1. The number of aromatic nitrogens is 2. The SMILES string of the molecule is Cl.Nc1cccc(-c2ncon2)c1. The number of hydrogen-bond donors (Lipinski definition) is 1. The summed E-state index contributed by atoms with van der Waals surface area (Å²) < 4.78 is 4.61. The molecule has 0 unspecified atom stereocenters. The minimum Gasteiger partial charge on any atom is -0.399 e. The fraction of sp³-hybridized carbons (Fsp3) is 0. The zero-order valence-electron chi connectivity index (χ0n) is 6.68. The van der Waals surface area contributed by atoms with Crippen LogP contribution in [0.15, 0.2) is 35.2 Å². The molecule has 0 fully saturated rings. The number of anilines is 1. The van der Waals surface area contributed by atoms with Gasteiger partial charge in [-0.15, -0.1) is 12.4 Å². The topological polar surface area (TPSA) is 64.9 Å². The summed E-state index contributed by atoms with van der Waals surface area (Å²) in [6.45, 7) is 0. The third kappa shape index (κ3) is 1.97. The molecule has 13 heavy (non-hydrogen) atoms. The molecule has 0 amide bonds. The van der Waals surface area contributed by atoms with E-state index in [9.17, 15) is 0 Å². The number of rotatable bonds is 1. The Hall–Kier alpha value is -1.55. The minimum atomic E-state index is 0. The lowest BCUT2D eigenvalue weighted by atomic mass is 10.2. The Morgan fingerprint density at radius 3 is 2.77 bits per heavy atom. The Morgan fingerprint density at radius 2 is 2.15 bits per heavy atom. The Labute approximate surface area is 81.2 Å². The van der Waals surface area contributed by atoms with Crippen molar-refractivity contribution in [2.45, 2.75) is 0 Å². The van der Waals surface area contributed by atoms with Crippen molar-refractivity contribution in [2.75, 3.05) is 5.73 Å². The van der Waals surface area contributed by atoms with E-state index in [4.69, 9.17) is 5.73 Å². The number of nitrogen functional groups attached to an aromatic ring is 1. The molecule has 0 bridgehead atoms. The number of nitrogens with two attached hydrogens (primary N) is 1. The van der Waals surface area contributed by atoms with Crippen LogP contribution >= 0.6 is 12.4 Å². The first-order chi connectivity index (χ1) is 5.86. The summed E-state index contributed by atoms with van der Waals surface area (Å²) in [5.41, 5.74) is 7.14. The van der Waals surface area contributed by atoms with Gasteiger partial charge in [-0.2, -0.15) is 4.98 Å². The smallest absolute Gasteiger partial charge is 0.214 e. The molecule has 4 nitrogen and oxygen atoms in total. The molecule has 0 atom stereocenters. The van der Waals surface area contributed by atoms with Crippen molar-refractivity contribution in [2.24, 2.45) is 0 Å². The second-order valence-electron chi connectivity index (χ2n) is 2.38. The first-order valence-electron chi connectivity index (χ1n) is 3.48. The van der Waals surface area contributed by atoms with Crippen LogP contribution in [-0.4, -0.2) is 10.1 Å². The second kappa shape index (κ2) is 3.91. The Balaban J connectivity index is 0.000000845. The third-order valence-corrected chi connectivity index (χ3v) is 1.51. The number of hydrogen-bond acceptors (Lipinski definition) is 4. The molecule has 1 aromatic heterocycles. The molecule has 0 saturated carbocycles. The van der Waals surface area contributed by atoms with Gasteiger partial charge in [-0.05, 0) is 12.1 Å². The van der Waals surface area contributed by atoms with Crippen LogP contribution in [0.4, 0.5) is 5.69 Å². The van der Waals surface area contributed by atoms with Gasteiger partial charge in [0.15, 0.2) is 0 Å². The van der Waals surface area contributed by atoms with Crippen molar-refractivity contribution in [3.63, 3.8) is 0 Å². The van der Waals surface area contributed by atoms with E-state index >= 15 is 0 Å². The fourth-order valence-electron chi connectivity index (χ4n) is 0.976. The van der Waals surface area contributed by atoms with Crippen molar-refractivity contribution in [1.82, 2.24) is 10.1 Å².